The van der Waals surface area contributed by atoms with Gasteiger partial charge in [-0.1, -0.05) is 6.92 Å². The molecule has 0 radical (unpaired) electrons. The molecule has 0 aromatic rings. The van der Waals surface area contributed by atoms with Crippen LogP contribution in [0.5, 0.6) is 0 Å². The summed E-state index contributed by atoms with van der Waals surface area (Å²) in [6.07, 6.45) is 2.56. The molecule has 1 aliphatic rings. The molecule has 1 fully saturated rings. The van der Waals surface area contributed by atoms with Crippen LogP contribution in [0.3, 0.4) is 0 Å². The second-order valence-corrected chi connectivity index (χ2v) is 5.09. The highest BCUT2D eigenvalue weighted by atomic mass is 16.5. The van der Waals surface area contributed by atoms with Crippen molar-refractivity contribution in [3.8, 4) is 0 Å². The standard InChI is InChI=1S/C13H27N3O2/c1-4-10(2)16(3)8-7-15-13(17)12-6-5-11(9-14)18-12/h10-12H,4-9,14H2,1-3H3,(H,15,17)/t10?,11-,12+/m1/s1. The second kappa shape index (κ2) is 7.71. The average molecular weight is 257 g/mol. The molecule has 18 heavy (non-hydrogen) atoms. The topological polar surface area (TPSA) is 67.6 Å². The summed E-state index contributed by atoms with van der Waals surface area (Å²) in [5.74, 6) is 0.00324. The molecule has 0 bridgehead atoms. The Bertz CT molecular complexity index is 261. The van der Waals surface area contributed by atoms with E-state index in [9.17, 15) is 4.79 Å². The van der Waals surface area contributed by atoms with Crippen LogP contribution in [0.2, 0.25) is 0 Å². The van der Waals surface area contributed by atoms with Gasteiger partial charge in [0.25, 0.3) is 0 Å². The maximum Gasteiger partial charge on any atom is 0.249 e. The van der Waals surface area contributed by atoms with Gasteiger partial charge in [-0.2, -0.15) is 0 Å². The van der Waals surface area contributed by atoms with Gasteiger partial charge < -0.3 is 20.7 Å². The molecule has 0 aromatic heterocycles. The van der Waals surface area contributed by atoms with Gasteiger partial charge in [-0.05, 0) is 33.2 Å². The van der Waals surface area contributed by atoms with Crippen LogP contribution < -0.4 is 11.1 Å². The molecule has 106 valence electrons. The first kappa shape index (κ1) is 15.4. The lowest BCUT2D eigenvalue weighted by molar-refractivity contribution is -0.131. The fraction of sp³-hybridized carbons (Fsp3) is 0.923. The smallest absolute Gasteiger partial charge is 0.249 e. The summed E-state index contributed by atoms with van der Waals surface area (Å²) in [6, 6.07) is 0.547. The van der Waals surface area contributed by atoms with E-state index in [1.807, 2.05) is 0 Å². The van der Waals surface area contributed by atoms with Crippen molar-refractivity contribution in [2.45, 2.75) is 51.4 Å². The van der Waals surface area contributed by atoms with E-state index in [-0.39, 0.29) is 18.1 Å². The second-order valence-electron chi connectivity index (χ2n) is 5.09. The van der Waals surface area contributed by atoms with Crippen molar-refractivity contribution in [2.75, 3.05) is 26.7 Å². The molecule has 3 atom stereocenters. The van der Waals surface area contributed by atoms with Gasteiger partial charge >= 0.3 is 0 Å². The number of hydrogen-bond acceptors (Lipinski definition) is 4. The molecule has 1 rings (SSSR count). The van der Waals surface area contributed by atoms with E-state index >= 15 is 0 Å². The molecule has 0 aromatic carbocycles. The fourth-order valence-electron chi connectivity index (χ4n) is 2.07. The summed E-state index contributed by atoms with van der Waals surface area (Å²) < 4.78 is 5.55. The third-order valence-corrected chi connectivity index (χ3v) is 3.77. The number of nitrogens with two attached hydrogens (primary N) is 1. The monoisotopic (exact) mass is 257 g/mol. The van der Waals surface area contributed by atoms with Gasteiger partial charge in [0, 0.05) is 25.7 Å². The van der Waals surface area contributed by atoms with Crippen LogP contribution in [0.25, 0.3) is 0 Å². The van der Waals surface area contributed by atoms with Crippen LogP contribution in [0, 0.1) is 0 Å². The summed E-state index contributed by atoms with van der Waals surface area (Å²) in [6.45, 7) is 6.40. The normalized spacial score (nSPS) is 25.4. The molecule has 1 aliphatic heterocycles. The Kier molecular flexibility index (Phi) is 6.60. The van der Waals surface area contributed by atoms with Crippen LogP contribution in [0.1, 0.15) is 33.1 Å². The molecule has 0 aliphatic carbocycles. The fourth-order valence-corrected chi connectivity index (χ4v) is 2.07. The van der Waals surface area contributed by atoms with E-state index in [2.05, 4.69) is 31.1 Å². The summed E-state index contributed by atoms with van der Waals surface area (Å²) in [7, 11) is 2.08. The van der Waals surface area contributed by atoms with Crippen LogP contribution in [0.15, 0.2) is 0 Å². The number of ether oxygens (including phenoxy) is 1. The molecule has 1 saturated heterocycles. The first-order valence-corrected chi connectivity index (χ1v) is 6.92. The van der Waals surface area contributed by atoms with Crippen molar-refractivity contribution in [1.82, 2.24) is 10.2 Å². The van der Waals surface area contributed by atoms with Gasteiger partial charge in [-0.3, -0.25) is 4.79 Å². The number of carbonyl (C=O) groups excluding carboxylic acids is 1. The van der Waals surface area contributed by atoms with E-state index in [0.717, 1.165) is 25.8 Å². The lowest BCUT2D eigenvalue weighted by Crippen LogP contribution is -2.41. The van der Waals surface area contributed by atoms with Crippen molar-refractivity contribution in [2.24, 2.45) is 5.73 Å². The molecule has 0 spiro atoms. The molecule has 1 unspecified atom stereocenters. The Labute approximate surface area is 110 Å². The van der Waals surface area contributed by atoms with Crippen molar-refractivity contribution < 1.29 is 9.53 Å². The van der Waals surface area contributed by atoms with Gasteiger partial charge in [0.1, 0.15) is 6.10 Å². The van der Waals surface area contributed by atoms with Gasteiger partial charge in [-0.15, -0.1) is 0 Å². The van der Waals surface area contributed by atoms with E-state index in [0.29, 0.717) is 19.1 Å². The summed E-state index contributed by atoms with van der Waals surface area (Å²) in [5, 5.41) is 2.93. The van der Waals surface area contributed by atoms with E-state index in [1.165, 1.54) is 0 Å². The van der Waals surface area contributed by atoms with E-state index < -0.39 is 0 Å². The molecule has 1 heterocycles. The Hall–Kier alpha value is -0.650. The number of nitrogens with one attached hydrogen (secondary N) is 1. The SMILES string of the molecule is CCC(C)N(C)CCNC(=O)[C@@H]1CC[C@H](CN)O1. The minimum atomic E-state index is -0.299. The molecule has 3 N–H and O–H groups in total. The third kappa shape index (κ3) is 4.55. The van der Waals surface area contributed by atoms with Gasteiger partial charge in [0.15, 0.2) is 0 Å². The zero-order valence-corrected chi connectivity index (χ0v) is 11.8. The maximum absolute atomic E-state index is 11.8. The number of amides is 1. The number of hydrogen-bond donors (Lipinski definition) is 2. The highest BCUT2D eigenvalue weighted by Crippen LogP contribution is 2.18. The van der Waals surface area contributed by atoms with Crippen LogP contribution >= 0.6 is 0 Å². The van der Waals surface area contributed by atoms with E-state index in [4.69, 9.17) is 10.5 Å². The molecular weight excluding hydrogens is 230 g/mol. The maximum atomic E-state index is 11.8. The van der Waals surface area contributed by atoms with E-state index in [1.54, 1.807) is 0 Å². The summed E-state index contributed by atoms with van der Waals surface area (Å²) in [5.41, 5.74) is 5.52. The first-order valence-electron chi connectivity index (χ1n) is 6.92. The van der Waals surface area contributed by atoms with Crippen LogP contribution in [0.4, 0.5) is 0 Å². The van der Waals surface area contributed by atoms with Crippen molar-refractivity contribution in [3.63, 3.8) is 0 Å². The van der Waals surface area contributed by atoms with Gasteiger partial charge in [0.05, 0.1) is 6.10 Å². The molecule has 5 heteroatoms. The van der Waals surface area contributed by atoms with Crippen LogP contribution in [-0.4, -0.2) is 55.7 Å². The lowest BCUT2D eigenvalue weighted by Gasteiger charge is -2.23. The number of nitrogens with zero attached hydrogens (tertiary/aromatic N) is 1. The minimum Gasteiger partial charge on any atom is -0.364 e. The highest BCUT2D eigenvalue weighted by molar-refractivity contribution is 5.81. The minimum absolute atomic E-state index is 0.00324. The zero-order valence-electron chi connectivity index (χ0n) is 11.8. The van der Waals surface area contributed by atoms with Crippen LogP contribution in [-0.2, 0) is 9.53 Å². The Morgan fingerprint density at radius 3 is 2.83 bits per heavy atom. The molecule has 5 nitrogen and oxygen atoms in total. The first-order chi connectivity index (χ1) is 8.58. The quantitative estimate of drug-likeness (QED) is 0.690. The lowest BCUT2D eigenvalue weighted by atomic mass is 10.2. The van der Waals surface area contributed by atoms with Crippen molar-refractivity contribution in [3.05, 3.63) is 0 Å². The van der Waals surface area contributed by atoms with Gasteiger partial charge in [0.2, 0.25) is 5.91 Å². The largest absolute Gasteiger partial charge is 0.364 e. The number of likely N-dealkylation sites (N-methyl/N-ethyl adjacent to an activating group) is 1. The van der Waals surface area contributed by atoms with Crippen molar-refractivity contribution in [1.29, 1.82) is 0 Å². The number of carbonyl (C=O) groups is 1. The molecule has 0 saturated carbocycles. The Morgan fingerprint density at radius 2 is 2.28 bits per heavy atom. The Morgan fingerprint density at radius 1 is 1.56 bits per heavy atom. The third-order valence-electron chi connectivity index (χ3n) is 3.77. The average Bonchev–Trinajstić information content (AvgIpc) is 2.86. The highest BCUT2D eigenvalue weighted by Gasteiger charge is 2.29. The number of rotatable bonds is 7. The molecule has 1 amide bonds. The summed E-state index contributed by atoms with van der Waals surface area (Å²) >= 11 is 0. The zero-order chi connectivity index (χ0) is 13.5. The predicted octanol–water partition coefficient (Wildman–Crippen LogP) is 0.339. The predicted molar refractivity (Wildman–Crippen MR) is 72.3 cm³/mol. The molecular formula is C13H27N3O2. The van der Waals surface area contributed by atoms with Crippen molar-refractivity contribution >= 4 is 5.91 Å². The Balaban J connectivity index is 2.18. The summed E-state index contributed by atoms with van der Waals surface area (Å²) in [4.78, 5) is 14.1. The van der Waals surface area contributed by atoms with Gasteiger partial charge in [-0.25, -0.2) is 0 Å².